The summed E-state index contributed by atoms with van der Waals surface area (Å²) in [6.07, 6.45) is 5.89. The van der Waals surface area contributed by atoms with Crippen LogP contribution in [-0.2, 0) is 19.6 Å². The highest BCUT2D eigenvalue weighted by Gasteiger charge is 2.60. The Hall–Kier alpha value is -1.77. The molecule has 1 saturated carbocycles. The van der Waals surface area contributed by atoms with Gasteiger partial charge >= 0.3 is 12.1 Å². The number of nitrogens with zero attached hydrogens (tertiary/aromatic N) is 2. The molecule has 0 aromatic rings. The highest BCUT2D eigenvalue weighted by atomic mass is 32.2. The number of carboxylic acid groups (broad SMARTS) is 1. The minimum Gasteiger partial charge on any atom is -0.480 e. The molecule has 1 saturated heterocycles. The fourth-order valence-corrected chi connectivity index (χ4v) is 5.97. The van der Waals surface area contributed by atoms with Crippen LogP contribution in [0.25, 0.3) is 0 Å². The molecule has 0 spiro atoms. The van der Waals surface area contributed by atoms with Gasteiger partial charge < -0.3 is 25.4 Å². The number of sulfonamides is 1. The fourth-order valence-electron chi connectivity index (χ4n) is 5.17. The van der Waals surface area contributed by atoms with Gasteiger partial charge in [0.15, 0.2) is 0 Å². The molecule has 2 fully saturated rings. The average Bonchev–Trinajstić information content (AvgIpc) is 3.36. The molecule has 0 bridgehead atoms. The van der Waals surface area contributed by atoms with Crippen LogP contribution in [0.15, 0.2) is 12.2 Å². The molecule has 1 heterocycles. The molecular formula is C28H52N4O8S. The van der Waals surface area contributed by atoms with E-state index in [0.29, 0.717) is 25.8 Å². The molecule has 6 atom stereocenters. The number of alkyl carbamates (subject to hydrolysis) is 1. The first-order chi connectivity index (χ1) is 19.1. The number of likely N-dealkylation sites (N-methyl/N-ethyl adjacent to an activating group) is 1. The summed E-state index contributed by atoms with van der Waals surface area (Å²) in [5.41, 5.74) is -1.78. The summed E-state index contributed by atoms with van der Waals surface area (Å²) in [5, 5.41) is 37.2. The van der Waals surface area contributed by atoms with Gasteiger partial charge in [-0.05, 0) is 39.0 Å². The summed E-state index contributed by atoms with van der Waals surface area (Å²) < 4.78 is 31.1. The maximum absolute atomic E-state index is 12.6. The number of likely N-dealkylation sites (tertiary alicyclic amines) is 1. The average molecular weight is 605 g/mol. The highest BCUT2D eigenvalue weighted by molar-refractivity contribution is 7.89. The van der Waals surface area contributed by atoms with E-state index in [1.54, 1.807) is 11.8 Å². The van der Waals surface area contributed by atoms with E-state index < -0.39 is 57.6 Å². The molecule has 41 heavy (non-hydrogen) atoms. The lowest BCUT2D eigenvalue weighted by Gasteiger charge is -2.35. The molecule has 13 heteroatoms. The van der Waals surface area contributed by atoms with Crippen molar-refractivity contribution in [3.63, 3.8) is 0 Å². The third kappa shape index (κ3) is 9.89. The van der Waals surface area contributed by atoms with E-state index >= 15 is 0 Å². The number of hydrogen-bond acceptors (Lipinski definition) is 9. The quantitative estimate of drug-likeness (QED) is 0.0941. The smallest absolute Gasteiger partial charge is 0.407 e. The Labute approximate surface area is 245 Å². The van der Waals surface area contributed by atoms with Crippen molar-refractivity contribution in [3.05, 3.63) is 12.2 Å². The molecule has 1 amide bonds. The molecule has 1 aliphatic carbocycles. The van der Waals surface area contributed by atoms with Crippen LogP contribution in [0.5, 0.6) is 0 Å². The number of rotatable bonds is 17. The number of unbranched alkanes of at least 4 members (excludes halogenated alkanes) is 3. The Balaban J connectivity index is 1.94. The first kappa shape index (κ1) is 35.4. The van der Waals surface area contributed by atoms with Crippen molar-refractivity contribution in [1.82, 2.24) is 19.8 Å². The number of carbonyl (C=O) groups excluding carboxylic acids is 1. The lowest BCUT2D eigenvalue weighted by atomic mass is 9.89. The molecule has 4 unspecified atom stereocenters. The van der Waals surface area contributed by atoms with Crippen LogP contribution in [0.1, 0.15) is 79.6 Å². The molecule has 2 aliphatic rings. The van der Waals surface area contributed by atoms with Gasteiger partial charge in [-0.3, -0.25) is 15.0 Å². The highest BCUT2D eigenvalue weighted by Crippen LogP contribution is 2.45. The Bertz CT molecular complexity index is 1000. The number of aliphatic hydroxyl groups excluding tert-OH is 2. The molecule has 1 aliphatic heterocycles. The first-order valence-electron chi connectivity index (χ1n) is 14.8. The number of aliphatic carboxylic acids is 1. The zero-order valence-electron chi connectivity index (χ0n) is 25.5. The van der Waals surface area contributed by atoms with Crippen molar-refractivity contribution in [2.24, 2.45) is 11.3 Å². The van der Waals surface area contributed by atoms with Crippen LogP contribution >= 0.6 is 0 Å². The lowest BCUT2D eigenvalue weighted by Crippen LogP contribution is -2.57. The molecule has 2 rings (SSSR count). The number of carboxylic acids is 1. The second-order valence-electron chi connectivity index (χ2n) is 12.4. The SMILES string of the molecule is CCCCC/C=C\C1C[C@]1(NC(O)[C@@H]1CCCN1C(O)CNC(=O)OC(CN(C)S(=O)(=O)CC)C(C)(C)C)C(=O)O. The summed E-state index contributed by atoms with van der Waals surface area (Å²) in [6, 6.07) is -0.538. The molecule has 12 nitrogen and oxygen atoms in total. The van der Waals surface area contributed by atoms with E-state index in [9.17, 15) is 33.3 Å². The van der Waals surface area contributed by atoms with Crippen molar-refractivity contribution in [2.45, 2.75) is 110 Å². The summed E-state index contributed by atoms with van der Waals surface area (Å²) >= 11 is 0. The Kier molecular flexibility index (Phi) is 13.1. The summed E-state index contributed by atoms with van der Waals surface area (Å²) in [7, 11) is -2.02. The van der Waals surface area contributed by atoms with Gasteiger partial charge in [0.2, 0.25) is 10.0 Å². The first-order valence-corrected chi connectivity index (χ1v) is 16.4. The minimum absolute atomic E-state index is 0.0119. The van der Waals surface area contributed by atoms with Crippen LogP contribution in [0, 0.1) is 11.3 Å². The van der Waals surface area contributed by atoms with E-state index in [0.717, 1.165) is 25.7 Å². The molecule has 0 aromatic heterocycles. The number of ether oxygens (including phenoxy) is 1. The van der Waals surface area contributed by atoms with Gasteiger partial charge in [0, 0.05) is 24.9 Å². The van der Waals surface area contributed by atoms with Crippen molar-refractivity contribution in [2.75, 3.05) is 32.4 Å². The van der Waals surface area contributed by atoms with Crippen molar-refractivity contribution in [3.8, 4) is 0 Å². The minimum atomic E-state index is -3.46. The van der Waals surface area contributed by atoms with E-state index in [2.05, 4.69) is 17.6 Å². The standard InChI is InChI=1S/C28H52N4O8S/c1-7-9-10-11-12-14-20-17-28(20,25(35)36)30-24(34)21-15-13-16-32(21)23(33)18-29-26(37)40-22(27(3,4)5)19-31(6)41(38,39)8-2/h12,14,20-24,30,33-34H,7-11,13,15-19H2,1-6H3,(H,29,37)(H,35,36)/b14-12-/t20?,21-,22?,23?,24?,28+/m0/s1. The molecule has 238 valence electrons. The van der Waals surface area contributed by atoms with Crippen LogP contribution in [0.4, 0.5) is 4.79 Å². The predicted octanol–water partition coefficient (Wildman–Crippen LogP) is 2.08. The van der Waals surface area contributed by atoms with Crippen LogP contribution in [0.2, 0.25) is 0 Å². The second-order valence-corrected chi connectivity index (χ2v) is 14.7. The van der Waals surface area contributed by atoms with E-state index in [1.807, 2.05) is 32.9 Å². The predicted molar refractivity (Wildman–Crippen MR) is 156 cm³/mol. The Morgan fingerprint density at radius 1 is 1.22 bits per heavy atom. The molecule has 0 aromatic carbocycles. The number of hydrogen-bond donors (Lipinski definition) is 5. The molecule has 5 N–H and O–H groups in total. The van der Waals surface area contributed by atoms with Gasteiger partial charge in [-0.15, -0.1) is 0 Å². The molecule has 0 radical (unpaired) electrons. The van der Waals surface area contributed by atoms with Gasteiger partial charge in [-0.1, -0.05) is 52.7 Å². The van der Waals surface area contributed by atoms with Gasteiger partial charge in [0.05, 0.1) is 24.9 Å². The number of allylic oxidation sites excluding steroid dienone is 1. The van der Waals surface area contributed by atoms with Gasteiger partial charge in [-0.25, -0.2) is 17.5 Å². The van der Waals surface area contributed by atoms with Crippen LogP contribution in [0.3, 0.4) is 0 Å². The van der Waals surface area contributed by atoms with Gasteiger partial charge in [0.1, 0.15) is 24.1 Å². The zero-order chi connectivity index (χ0) is 31.0. The number of carbonyl (C=O) groups is 2. The number of amides is 1. The van der Waals surface area contributed by atoms with Gasteiger partial charge in [-0.2, -0.15) is 0 Å². The maximum Gasteiger partial charge on any atom is 0.407 e. The second kappa shape index (κ2) is 15.1. The third-order valence-corrected chi connectivity index (χ3v) is 9.97. The molecular weight excluding hydrogens is 552 g/mol. The largest absolute Gasteiger partial charge is 0.480 e. The monoisotopic (exact) mass is 604 g/mol. The zero-order valence-corrected chi connectivity index (χ0v) is 26.3. The fraction of sp³-hybridized carbons (Fsp3) is 0.857. The normalized spacial score (nSPS) is 25.8. The van der Waals surface area contributed by atoms with Crippen molar-refractivity contribution >= 4 is 22.1 Å². The van der Waals surface area contributed by atoms with Crippen LogP contribution in [-0.4, -0.2) is 108 Å². The lowest BCUT2D eigenvalue weighted by molar-refractivity contribution is -0.143. The van der Waals surface area contributed by atoms with Crippen LogP contribution < -0.4 is 10.6 Å². The van der Waals surface area contributed by atoms with E-state index in [4.69, 9.17) is 4.74 Å². The third-order valence-electron chi connectivity index (χ3n) is 8.14. The van der Waals surface area contributed by atoms with Crippen molar-refractivity contribution in [1.29, 1.82) is 0 Å². The summed E-state index contributed by atoms with van der Waals surface area (Å²) in [5.74, 6) is -1.30. The topological polar surface area (TPSA) is 169 Å². The maximum atomic E-state index is 12.6. The van der Waals surface area contributed by atoms with Crippen molar-refractivity contribution < 1.29 is 38.1 Å². The number of nitrogens with one attached hydrogen (secondary N) is 2. The number of aliphatic hydroxyl groups is 2. The summed E-state index contributed by atoms with van der Waals surface area (Å²) in [4.78, 5) is 26.4. The van der Waals surface area contributed by atoms with E-state index in [1.165, 1.54) is 11.4 Å². The van der Waals surface area contributed by atoms with Gasteiger partial charge in [0.25, 0.3) is 0 Å². The Morgan fingerprint density at radius 2 is 1.90 bits per heavy atom. The Morgan fingerprint density at radius 3 is 2.49 bits per heavy atom. The van der Waals surface area contributed by atoms with E-state index in [-0.39, 0.29) is 24.8 Å². The summed E-state index contributed by atoms with van der Waals surface area (Å²) in [6.45, 7) is 9.46.